The average Bonchev–Trinajstić information content (AvgIpc) is 3.24. The average molecular weight is 880 g/mol. The van der Waals surface area contributed by atoms with Crippen LogP contribution in [0.15, 0.2) is 128 Å². The molecule has 6 rings (SSSR count). The first-order chi connectivity index (χ1) is 27.4. The summed E-state index contributed by atoms with van der Waals surface area (Å²) in [4.78, 5) is 43.7. The fraction of sp³-hybridized carbons (Fsp3) is 0.0455. The van der Waals surface area contributed by atoms with Crippen LogP contribution >= 0.6 is 22.6 Å². The van der Waals surface area contributed by atoms with Crippen molar-refractivity contribution in [2.75, 3.05) is 14.2 Å². The molecule has 1 N–H and O–H groups in total. The van der Waals surface area contributed by atoms with E-state index in [0.29, 0.717) is 25.8 Å². The third-order valence-corrected chi connectivity index (χ3v) is 7.74. The van der Waals surface area contributed by atoms with Gasteiger partial charge >= 0.3 is 17.9 Å². The van der Waals surface area contributed by atoms with Gasteiger partial charge in [-0.2, -0.15) is 0 Å². The predicted octanol–water partition coefficient (Wildman–Crippen LogP) is 8.01. The lowest BCUT2D eigenvalue weighted by atomic mass is 10.1. The molecule has 3 aromatic carbocycles. The molecular weight excluding hydrogens is 850 g/mol. The fourth-order valence-corrected chi connectivity index (χ4v) is 4.21. The van der Waals surface area contributed by atoms with Crippen LogP contribution in [0.5, 0.6) is 0 Å². The summed E-state index contributed by atoms with van der Waals surface area (Å²) in [5, 5.41) is 8.73. The van der Waals surface area contributed by atoms with Gasteiger partial charge in [-0.05, 0) is 114 Å². The molecular formula is C44H29F3IN3O6. The van der Waals surface area contributed by atoms with E-state index in [1.54, 1.807) is 72.9 Å². The largest absolute Gasteiger partial charge is 0.478 e. The standard InChI is InChI=1S/C15H10FNO2.C14H8FNO2.C10H8O2.C5H3FIN/c1-19-15(18)13-6-3-11(4-7-13)2-5-12-8-9-17-10-14(12)16;15-13-9-16-8-7-11(13)4-1-10-2-5-12(6-3-10)14(17)18;1-3-8-4-6-9(7-5-8)10(11)12-2;6-4-3-8-2-1-5(4)7/h3-4,6-10H,1H3;2-3,5-9H,(H,17,18);1,4-7H,2H3;1-3H. The second-order valence-electron chi connectivity index (χ2n) is 10.7. The van der Waals surface area contributed by atoms with E-state index in [0.717, 1.165) is 18.0 Å². The van der Waals surface area contributed by atoms with Gasteiger partial charge in [0.15, 0.2) is 17.5 Å². The maximum absolute atomic E-state index is 13.3. The van der Waals surface area contributed by atoms with Gasteiger partial charge in [-0.15, -0.1) is 6.42 Å². The highest BCUT2D eigenvalue weighted by molar-refractivity contribution is 14.1. The Morgan fingerprint density at radius 2 is 0.930 bits per heavy atom. The highest BCUT2D eigenvalue weighted by atomic mass is 127. The van der Waals surface area contributed by atoms with Crippen molar-refractivity contribution in [1.29, 1.82) is 0 Å². The summed E-state index contributed by atoms with van der Waals surface area (Å²) < 4.78 is 48.5. The molecule has 3 aromatic heterocycles. The number of methoxy groups -OCH3 is 2. The zero-order chi connectivity index (χ0) is 41.6. The Labute approximate surface area is 340 Å². The molecule has 57 heavy (non-hydrogen) atoms. The van der Waals surface area contributed by atoms with Crippen molar-refractivity contribution >= 4 is 40.5 Å². The smallest absolute Gasteiger partial charge is 0.337 e. The minimum atomic E-state index is -0.991. The molecule has 6 aromatic rings. The first-order valence-corrected chi connectivity index (χ1v) is 17.2. The van der Waals surface area contributed by atoms with E-state index >= 15 is 0 Å². The van der Waals surface area contributed by atoms with Gasteiger partial charge in [0.2, 0.25) is 0 Å². The van der Waals surface area contributed by atoms with E-state index in [2.05, 4.69) is 54.0 Å². The summed E-state index contributed by atoms with van der Waals surface area (Å²) in [6, 6.07) is 23.9. The summed E-state index contributed by atoms with van der Waals surface area (Å²) in [5.74, 6) is 10.5. The van der Waals surface area contributed by atoms with Gasteiger partial charge in [-0.25, -0.2) is 27.6 Å². The number of carboxylic acids is 1. The van der Waals surface area contributed by atoms with Crippen LogP contribution in [0, 0.1) is 57.0 Å². The molecule has 0 aliphatic carbocycles. The van der Waals surface area contributed by atoms with Crippen LogP contribution in [0.1, 0.15) is 58.9 Å². The molecule has 9 nitrogen and oxygen atoms in total. The zero-order valence-corrected chi connectivity index (χ0v) is 32.2. The third kappa shape index (κ3) is 15.2. The molecule has 0 fully saturated rings. The maximum Gasteiger partial charge on any atom is 0.337 e. The summed E-state index contributed by atoms with van der Waals surface area (Å²) in [5.41, 5.74) is 3.75. The molecule has 0 radical (unpaired) electrons. The number of pyridine rings is 3. The van der Waals surface area contributed by atoms with Crippen LogP contribution in [0.2, 0.25) is 0 Å². The number of nitrogens with zero attached hydrogens (tertiary/aromatic N) is 3. The second kappa shape index (κ2) is 23.5. The number of ether oxygens (including phenoxy) is 2. The number of halogens is 4. The summed E-state index contributed by atoms with van der Waals surface area (Å²) >= 11 is 1.91. The number of carboxylic acid groups (broad SMARTS) is 1. The molecule has 3 heterocycles. The lowest BCUT2D eigenvalue weighted by molar-refractivity contribution is 0.0592. The summed E-state index contributed by atoms with van der Waals surface area (Å²) in [6.45, 7) is 0. The van der Waals surface area contributed by atoms with Crippen molar-refractivity contribution in [2.45, 2.75) is 0 Å². The topological polar surface area (TPSA) is 129 Å². The number of benzene rings is 3. The molecule has 0 bridgehead atoms. The van der Waals surface area contributed by atoms with Gasteiger partial charge in [0.25, 0.3) is 0 Å². The Hall–Kier alpha value is -7.28. The van der Waals surface area contributed by atoms with Crippen molar-refractivity contribution in [3.8, 4) is 36.0 Å². The molecule has 0 spiro atoms. The molecule has 0 amide bonds. The van der Waals surface area contributed by atoms with E-state index in [9.17, 15) is 27.6 Å². The van der Waals surface area contributed by atoms with Crippen molar-refractivity contribution in [1.82, 2.24) is 15.0 Å². The predicted molar refractivity (Wildman–Crippen MR) is 214 cm³/mol. The van der Waals surface area contributed by atoms with Gasteiger partial charge in [0, 0.05) is 35.3 Å². The Kier molecular flexibility index (Phi) is 18.2. The van der Waals surface area contributed by atoms with Crippen molar-refractivity contribution in [3.63, 3.8) is 0 Å². The summed E-state index contributed by atoms with van der Waals surface area (Å²) in [7, 11) is 2.67. The number of hydrogen-bond donors (Lipinski definition) is 1. The van der Waals surface area contributed by atoms with E-state index in [-0.39, 0.29) is 28.5 Å². The van der Waals surface area contributed by atoms with Gasteiger partial charge in [-0.1, -0.05) is 29.6 Å². The number of carbonyl (C=O) groups is 3. The molecule has 0 atom stereocenters. The van der Waals surface area contributed by atoms with Crippen LogP contribution < -0.4 is 0 Å². The second-order valence-corrected chi connectivity index (χ2v) is 11.8. The molecule has 0 saturated carbocycles. The number of hydrogen-bond acceptors (Lipinski definition) is 8. The highest BCUT2D eigenvalue weighted by Crippen LogP contribution is 2.09. The number of rotatable bonds is 3. The molecule has 0 unspecified atom stereocenters. The van der Waals surface area contributed by atoms with E-state index < -0.39 is 23.6 Å². The lowest BCUT2D eigenvalue weighted by Crippen LogP contribution is -2.00. The van der Waals surface area contributed by atoms with Crippen molar-refractivity contribution < 1.29 is 42.1 Å². The highest BCUT2D eigenvalue weighted by Gasteiger charge is 2.05. The quantitative estimate of drug-likeness (QED) is 0.107. The molecule has 0 saturated heterocycles. The van der Waals surface area contributed by atoms with Crippen molar-refractivity contribution in [3.05, 3.63) is 194 Å². The molecule has 0 aliphatic heterocycles. The SMILES string of the molecule is C#Cc1ccc(C(=O)OC)cc1.COC(=O)c1ccc(C#Cc2ccncc2F)cc1.Fc1cnccc1I.O=C(O)c1ccc(C#Cc2ccncc2F)cc1. The van der Waals surface area contributed by atoms with Crippen LogP contribution in [0.25, 0.3) is 0 Å². The lowest BCUT2D eigenvalue weighted by Gasteiger charge is -1.98. The molecule has 0 aliphatic rings. The van der Waals surface area contributed by atoms with E-state index in [1.165, 1.54) is 57.1 Å². The van der Waals surface area contributed by atoms with E-state index in [1.807, 2.05) is 22.6 Å². The molecule has 284 valence electrons. The number of carbonyl (C=O) groups excluding carboxylic acids is 2. The minimum absolute atomic E-state index is 0.190. The monoisotopic (exact) mass is 879 g/mol. The van der Waals surface area contributed by atoms with Gasteiger partial charge < -0.3 is 14.6 Å². The Morgan fingerprint density at radius 1 is 0.561 bits per heavy atom. The number of terminal acetylenes is 1. The van der Waals surface area contributed by atoms with Crippen LogP contribution in [0.4, 0.5) is 13.2 Å². The first-order valence-electron chi connectivity index (χ1n) is 16.1. The third-order valence-electron chi connectivity index (χ3n) is 6.86. The first kappa shape index (κ1) is 44.1. The van der Waals surface area contributed by atoms with Gasteiger partial charge in [0.05, 0.1) is 64.2 Å². The van der Waals surface area contributed by atoms with Crippen LogP contribution in [-0.2, 0) is 9.47 Å². The molecule has 13 heteroatoms. The number of esters is 2. The normalized spacial score (nSPS) is 9.21. The van der Waals surface area contributed by atoms with Crippen LogP contribution in [0.3, 0.4) is 0 Å². The van der Waals surface area contributed by atoms with Crippen molar-refractivity contribution in [2.24, 2.45) is 0 Å². The van der Waals surface area contributed by atoms with Gasteiger partial charge in [0.1, 0.15) is 0 Å². The number of aromatic nitrogens is 3. The summed E-state index contributed by atoms with van der Waals surface area (Å²) in [6.07, 6.45) is 13.0. The van der Waals surface area contributed by atoms with E-state index in [4.69, 9.17) is 11.5 Å². The van der Waals surface area contributed by atoms with Gasteiger partial charge in [-0.3, -0.25) is 15.0 Å². The zero-order valence-electron chi connectivity index (χ0n) is 30.0. The Balaban J connectivity index is 0.000000213. The Bertz CT molecular complexity index is 2450. The fourth-order valence-electron chi connectivity index (χ4n) is 3.91. The Morgan fingerprint density at radius 3 is 1.25 bits per heavy atom. The van der Waals surface area contributed by atoms with Crippen LogP contribution in [-0.4, -0.2) is 52.2 Å². The number of aromatic carboxylic acids is 1. The maximum atomic E-state index is 13.3. The minimum Gasteiger partial charge on any atom is -0.478 e.